The number of fused-ring (bicyclic) bond motifs is 1. The van der Waals surface area contributed by atoms with Crippen molar-refractivity contribution in [2.45, 2.75) is 4.90 Å². The number of hydrogen-bond donors (Lipinski definition) is 2. The number of halogens is 2. The number of benzene rings is 2. The predicted molar refractivity (Wildman–Crippen MR) is 91.6 cm³/mol. The smallest absolute Gasteiger partial charge is 0.337 e. The van der Waals surface area contributed by atoms with Crippen LogP contribution >= 0.6 is 34.9 Å². The standard InChI is InChI=1S/C13H7Cl2N3O4S2/c14-7-4-6(13(19)20)10(5-8(7)15)18-24(21,22)11-3-1-2-9-12(11)17-23-16-9/h1-5,18H,(H,19,20). The average Bonchev–Trinajstić information content (AvgIpc) is 2.98. The molecule has 124 valence electrons. The summed E-state index contributed by atoms with van der Waals surface area (Å²) in [5.41, 5.74) is 0.107. The number of carboxylic acid groups (broad SMARTS) is 1. The molecular weight excluding hydrogens is 397 g/mol. The monoisotopic (exact) mass is 403 g/mol. The molecule has 0 spiro atoms. The van der Waals surface area contributed by atoms with Crippen LogP contribution in [-0.4, -0.2) is 28.2 Å². The van der Waals surface area contributed by atoms with Crippen LogP contribution in [0.3, 0.4) is 0 Å². The van der Waals surface area contributed by atoms with Gasteiger partial charge in [-0.1, -0.05) is 29.3 Å². The molecule has 1 heterocycles. The number of nitrogens with zero attached hydrogens (tertiary/aromatic N) is 2. The first-order chi connectivity index (χ1) is 11.3. The molecule has 0 saturated heterocycles. The van der Waals surface area contributed by atoms with Crippen molar-refractivity contribution in [2.75, 3.05) is 4.72 Å². The van der Waals surface area contributed by atoms with Gasteiger partial charge in [0.1, 0.15) is 15.9 Å². The first kappa shape index (κ1) is 16.9. The highest BCUT2D eigenvalue weighted by Crippen LogP contribution is 2.31. The van der Waals surface area contributed by atoms with E-state index in [-0.39, 0.29) is 31.7 Å². The third-order valence-electron chi connectivity index (χ3n) is 3.07. The minimum absolute atomic E-state index is 0.00261. The summed E-state index contributed by atoms with van der Waals surface area (Å²) in [7, 11) is -4.11. The molecule has 0 saturated carbocycles. The number of carbonyl (C=O) groups is 1. The highest BCUT2D eigenvalue weighted by molar-refractivity contribution is 7.93. The van der Waals surface area contributed by atoms with Crippen LogP contribution in [0.2, 0.25) is 10.0 Å². The van der Waals surface area contributed by atoms with Gasteiger partial charge in [-0.3, -0.25) is 4.72 Å². The highest BCUT2D eigenvalue weighted by Gasteiger charge is 2.23. The van der Waals surface area contributed by atoms with Crippen molar-refractivity contribution in [2.24, 2.45) is 0 Å². The quantitative estimate of drug-likeness (QED) is 0.689. The van der Waals surface area contributed by atoms with Gasteiger partial charge >= 0.3 is 5.97 Å². The number of rotatable bonds is 4. The molecular formula is C13H7Cl2N3O4S2. The molecule has 11 heteroatoms. The summed E-state index contributed by atoms with van der Waals surface area (Å²) in [4.78, 5) is 11.2. The molecule has 7 nitrogen and oxygen atoms in total. The first-order valence-corrected chi connectivity index (χ1v) is 9.23. The largest absolute Gasteiger partial charge is 0.478 e. The predicted octanol–water partition coefficient (Wildman–Crippen LogP) is 3.50. The van der Waals surface area contributed by atoms with Gasteiger partial charge < -0.3 is 5.11 Å². The van der Waals surface area contributed by atoms with Crippen molar-refractivity contribution in [1.82, 2.24) is 8.75 Å². The molecule has 2 aromatic carbocycles. The maximum Gasteiger partial charge on any atom is 0.337 e. The minimum Gasteiger partial charge on any atom is -0.478 e. The molecule has 3 rings (SSSR count). The van der Waals surface area contributed by atoms with E-state index in [2.05, 4.69) is 13.5 Å². The zero-order valence-electron chi connectivity index (χ0n) is 11.5. The molecule has 0 fully saturated rings. The van der Waals surface area contributed by atoms with Crippen LogP contribution in [0.15, 0.2) is 35.2 Å². The van der Waals surface area contributed by atoms with Gasteiger partial charge in [-0.05, 0) is 24.3 Å². The molecule has 0 radical (unpaired) electrons. The fourth-order valence-electron chi connectivity index (χ4n) is 2.01. The maximum atomic E-state index is 12.6. The van der Waals surface area contributed by atoms with Gasteiger partial charge in [-0.15, -0.1) is 0 Å². The number of hydrogen-bond acceptors (Lipinski definition) is 6. The second-order valence-corrected chi connectivity index (χ2v) is 7.60. The second kappa shape index (κ2) is 6.17. The molecule has 2 N–H and O–H groups in total. The Morgan fingerprint density at radius 2 is 1.88 bits per heavy atom. The molecule has 1 aromatic heterocycles. The van der Waals surface area contributed by atoms with Crippen LogP contribution < -0.4 is 4.72 Å². The summed E-state index contributed by atoms with van der Waals surface area (Å²) >= 11 is 12.5. The molecule has 0 aliphatic rings. The molecule has 0 bridgehead atoms. The van der Waals surface area contributed by atoms with Crippen LogP contribution in [0.4, 0.5) is 5.69 Å². The Morgan fingerprint density at radius 1 is 1.17 bits per heavy atom. The van der Waals surface area contributed by atoms with Crippen molar-refractivity contribution >= 4 is 67.6 Å². The lowest BCUT2D eigenvalue weighted by molar-refractivity contribution is 0.0698. The summed E-state index contributed by atoms with van der Waals surface area (Å²) in [5.74, 6) is -1.35. The third-order valence-corrected chi connectivity index (χ3v) is 5.74. The van der Waals surface area contributed by atoms with Crippen molar-refractivity contribution in [3.8, 4) is 0 Å². The number of carboxylic acids is 1. The number of anilines is 1. The second-order valence-electron chi connectivity index (χ2n) is 4.61. The molecule has 0 atom stereocenters. The van der Waals surface area contributed by atoms with Gasteiger partial charge in [0, 0.05) is 0 Å². The van der Waals surface area contributed by atoms with E-state index >= 15 is 0 Å². The Kier molecular flexibility index (Phi) is 4.35. The summed E-state index contributed by atoms with van der Waals surface area (Å²) in [5, 5.41) is 9.25. The zero-order chi connectivity index (χ0) is 17.5. The van der Waals surface area contributed by atoms with Crippen molar-refractivity contribution < 1.29 is 18.3 Å². The van der Waals surface area contributed by atoms with E-state index in [4.69, 9.17) is 23.2 Å². The average molecular weight is 404 g/mol. The van der Waals surface area contributed by atoms with Gasteiger partial charge in [0.2, 0.25) is 0 Å². The van der Waals surface area contributed by atoms with Gasteiger partial charge in [-0.2, -0.15) is 8.75 Å². The number of sulfonamides is 1. The van der Waals surface area contributed by atoms with E-state index in [9.17, 15) is 18.3 Å². The lowest BCUT2D eigenvalue weighted by Crippen LogP contribution is -2.16. The Morgan fingerprint density at radius 3 is 2.58 bits per heavy atom. The van der Waals surface area contributed by atoms with Gasteiger partial charge in [0.15, 0.2) is 0 Å². The van der Waals surface area contributed by atoms with E-state index in [1.165, 1.54) is 12.1 Å². The van der Waals surface area contributed by atoms with E-state index in [1.54, 1.807) is 6.07 Å². The van der Waals surface area contributed by atoms with Crippen molar-refractivity contribution in [3.05, 3.63) is 45.9 Å². The Balaban J connectivity index is 2.12. The fourth-order valence-corrected chi connectivity index (χ4v) is 4.17. The van der Waals surface area contributed by atoms with Crippen molar-refractivity contribution in [1.29, 1.82) is 0 Å². The maximum absolute atomic E-state index is 12.6. The molecule has 3 aromatic rings. The van der Waals surface area contributed by atoms with Gasteiger partial charge in [0.05, 0.1) is 33.0 Å². The SMILES string of the molecule is O=C(O)c1cc(Cl)c(Cl)cc1NS(=O)(=O)c1cccc2nsnc12. The first-order valence-electron chi connectivity index (χ1n) is 6.26. The molecule has 0 amide bonds. The minimum atomic E-state index is -4.11. The number of nitrogens with one attached hydrogen (secondary N) is 1. The lowest BCUT2D eigenvalue weighted by atomic mass is 10.2. The normalized spacial score (nSPS) is 11.6. The van der Waals surface area contributed by atoms with Crippen LogP contribution in [0.1, 0.15) is 10.4 Å². The lowest BCUT2D eigenvalue weighted by Gasteiger charge is -2.12. The molecule has 24 heavy (non-hydrogen) atoms. The van der Waals surface area contributed by atoms with E-state index in [0.29, 0.717) is 5.52 Å². The van der Waals surface area contributed by atoms with Crippen molar-refractivity contribution in [3.63, 3.8) is 0 Å². The summed E-state index contributed by atoms with van der Waals surface area (Å²) < 4.78 is 35.4. The van der Waals surface area contributed by atoms with Crippen LogP contribution in [0.5, 0.6) is 0 Å². The summed E-state index contributed by atoms with van der Waals surface area (Å²) in [6, 6.07) is 6.72. The van der Waals surface area contributed by atoms with E-state index in [0.717, 1.165) is 23.9 Å². The van der Waals surface area contributed by atoms with Gasteiger partial charge in [-0.25, -0.2) is 13.2 Å². The molecule has 0 unspecified atom stereocenters. The summed E-state index contributed by atoms with van der Waals surface area (Å²) in [6.07, 6.45) is 0. The Bertz CT molecular complexity index is 1070. The van der Waals surface area contributed by atoms with Gasteiger partial charge in [0.25, 0.3) is 10.0 Å². The Labute approximate surface area is 150 Å². The van der Waals surface area contributed by atoms with E-state index in [1.807, 2.05) is 0 Å². The van der Waals surface area contributed by atoms with Crippen LogP contribution in [-0.2, 0) is 10.0 Å². The number of aromatic carboxylic acids is 1. The van der Waals surface area contributed by atoms with Crippen LogP contribution in [0.25, 0.3) is 11.0 Å². The fraction of sp³-hybridized carbons (Fsp3) is 0. The molecule has 0 aliphatic carbocycles. The topological polar surface area (TPSA) is 109 Å². The Hall–Kier alpha value is -1.94. The zero-order valence-corrected chi connectivity index (χ0v) is 14.7. The van der Waals surface area contributed by atoms with Crippen LogP contribution in [0, 0.1) is 0 Å². The molecule has 0 aliphatic heterocycles. The third kappa shape index (κ3) is 3.03. The highest BCUT2D eigenvalue weighted by atomic mass is 35.5. The number of aromatic nitrogens is 2. The summed E-state index contributed by atoms with van der Waals surface area (Å²) in [6.45, 7) is 0. The van der Waals surface area contributed by atoms with E-state index < -0.39 is 16.0 Å².